The van der Waals surface area contributed by atoms with Crippen LogP contribution in [-0.2, 0) is 17.8 Å². The van der Waals surface area contributed by atoms with E-state index in [1.54, 1.807) is 0 Å². The molecule has 1 amide bonds. The van der Waals surface area contributed by atoms with Crippen molar-refractivity contribution in [2.45, 2.75) is 52.6 Å². The molecule has 1 aliphatic rings. The molecule has 6 nitrogen and oxygen atoms in total. The van der Waals surface area contributed by atoms with E-state index in [0.29, 0.717) is 13.0 Å². The van der Waals surface area contributed by atoms with Gasteiger partial charge in [-0.1, -0.05) is 43.7 Å². The van der Waals surface area contributed by atoms with Crippen molar-refractivity contribution in [1.29, 1.82) is 0 Å². The third-order valence-corrected chi connectivity index (χ3v) is 6.40. The standard InChI is InChI=1S/C26H29N5O/c1-18-8-10-19(11-9-18)31-24-15-26(2,3)14-22(20(24)16-28-31)29-25(32)12-13-30-17-27-21-6-4-5-7-23(21)30/h4-11,16-17,22H,12-15H2,1-3H3,(H,29,32)/t22-/m0/s1. The van der Waals surface area contributed by atoms with E-state index >= 15 is 0 Å². The molecule has 0 unspecified atom stereocenters. The average molecular weight is 428 g/mol. The molecule has 0 radical (unpaired) electrons. The second-order valence-electron chi connectivity index (χ2n) is 9.64. The summed E-state index contributed by atoms with van der Waals surface area (Å²) in [6, 6.07) is 16.4. The fourth-order valence-electron chi connectivity index (χ4n) is 4.76. The highest BCUT2D eigenvalue weighted by atomic mass is 16.1. The first kappa shape index (κ1) is 20.5. The summed E-state index contributed by atoms with van der Waals surface area (Å²) in [5.41, 5.74) is 6.70. The van der Waals surface area contributed by atoms with Crippen molar-refractivity contribution >= 4 is 16.9 Å². The number of amides is 1. The Morgan fingerprint density at radius 3 is 2.75 bits per heavy atom. The van der Waals surface area contributed by atoms with Crippen molar-refractivity contribution in [1.82, 2.24) is 24.6 Å². The first-order valence-corrected chi connectivity index (χ1v) is 11.2. The monoisotopic (exact) mass is 427 g/mol. The Kier molecular flexibility index (Phi) is 5.08. The summed E-state index contributed by atoms with van der Waals surface area (Å²) in [5, 5.41) is 7.98. The number of rotatable bonds is 5. The van der Waals surface area contributed by atoms with Crippen LogP contribution in [0, 0.1) is 12.3 Å². The van der Waals surface area contributed by atoms with Gasteiger partial charge in [0.15, 0.2) is 0 Å². The molecule has 2 heterocycles. The summed E-state index contributed by atoms with van der Waals surface area (Å²) >= 11 is 0. The van der Waals surface area contributed by atoms with Gasteiger partial charge in [0.2, 0.25) is 5.91 Å². The highest BCUT2D eigenvalue weighted by Crippen LogP contribution is 2.41. The molecule has 0 spiro atoms. The smallest absolute Gasteiger partial charge is 0.222 e. The van der Waals surface area contributed by atoms with Crippen LogP contribution < -0.4 is 5.32 Å². The topological polar surface area (TPSA) is 64.7 Å². The molecule has 0 fully saturated rings. The minimum atomic E-state index is -0.0278. The summed E-state index contributed by atoms with van der Waals surface area (Å²) in [6.07, 6.45) is 5.99. The van der Waals surface area contributed by atoms with E-state index < -0.39 is 0 Å². The van der Waals surface area contributed by atoms with Crippen LogP contribution in [0.1, 0.15) is 49.6 Å². The molecule has 2 aromatic heterocycles. The van der Waals surface area contributed by atoms with Crippen molar-refractivity contribution in [3.8, 4) is 5.69 Å². The Labute approximate surface area is 188 Å². The number of aryl methyl sites for hydroxylation is 2. The molecule has 1 N–H and O–H groups in total. The zero-order valence-electron chi connectivity index (χ0n) is 18.9. The predicted molar refractivity (Wildman–Crippen MR) is 126 cm³/mol. The van der Waals surface area contributed by atoms with Crippen molar-refractivity contribution in [3.05, 3.63) is 77.9 Å². The van der Waals surface area contributed by atoms with E-state index in [0.717, 1.165) is 35.1 Å². The van der Waals surface area contributed by atoms with Crippen molar-refractivity contribution in [2.75, 3.05) is 0 Å². The van der Waals surface area contributed by atoms with Gasteiger partial charge in [-0.25, -0.2) is 9.67 Å². The number of carbonyl (C=O) groups is 1. The normalized spacial score (nSPS) is 17.3. The van der Waals surface area contributed by atoms with Crippen LogP contribution in [0.25, 0.3) is 16.7 Å². The van der Waals surface area contributed by atoms with Crippen LogP contribution in [0.5, 0.6) is 0 Å². The van der Waals surface area contributed by atoms with Gasteiger partial charge in [-0.15, -0.1) is 0 Å². The van der Waals surface area contributed by atoms with Gasteiger partial charge in [0.25, 0.3) is 0 Å². The minimum absolute atomic E-state index is 0.0278. The van der Waals surface area contributed by atoms with Gasteiger partial charge in [0.05, 0.1) is 41.0 Å². The Balaban J connectivity index is 1.34. The van der Waals surface area contributed by atoms with E-state index in [-0.39, 0.29) is 17.4 Å². The summed E-state index contributed by atoms with van der Waals surface area (Å²) in [6.45, 7) is 7.22. The van der Waals surface area contributed by atoms with Gasteiger partial charge in [-0.2, -0.15) is 5.10 Å². The summed E-state index contributed by atoms with van der Waals surface area (Å²) in [5.74, 6) is 0.0551. The van der Waals surface area contributed by atoms with Crippen LogP contribution in [0.3, 0.4) is 0 Å². The fourth-order valence-corrected chi connectivity index (χ4v) is 4.76. The Morgan fingerprint density at radius 2 is 1.94 bits per heavy atom. The Morgan fingerprint density at radius 1 is 1.16 bits per heavy atom. The maximum Gasteiger partial charge on any atom is 0.222 e. The molecule has 0 saturated heterocycles. The van der Waals surface area contributed by atoms with Crippen molar-refractivity contribution < 1.29 is 4.79 Å². The average Bonchev–Trinajstić information content (AvgIpc) is 3.36. The predicted octanol–water partition coefficient (Wildman–Crippen LogP) is 4.75. The van der Waals surface area contributed by atoms with E-state index in [2.05, 4.69) is 55.3 Å². The lowest BCUT2D eigenvalue weighted by molar-refractivity contribution is -0.122. The number of nitrogens with one attached hydrogen (secondary N) is 1. The molecule has 5 rings (SSSR count). The molecule has 1 aliphatic carbocycles. The van der Waals surface area contributed by atoms with Gasteiger partial charge in [-0.3, -0.25) is 4.79 Å². The highest BCUT2D eigenvalue weighted by molar-refractivity contribution is 5.78. The van der Waals surface area contributed by atoms with Crippen LogP contribution in [0.2, 0.25) is 0 Å². The SMILES string of the molecule is Cc1ccc(-n2ncc3c2CC(C)(C)C[C@@H]3NC(=O)CCn2cnc3ccccc32)cc1. The molecule has 4 aromatic rings. The number of nitrogens with zero attached hydrogens (tertiary/aromatic N) is 4. The van der Waals surface area contributed by atoms with E-state index in [9.17, 15) is 4.79 Å². The highest BCUT2D eigenvalue weighted by Gasteiger charge is 2.36. The van der Waals surface area contributed by atoms with Gasteiger partial charge in [0.1, 0.15) is 0 Å². The van der Waals surface area contributed by atoms with Crippen LogP contribution in [0.15, 0.2) is 61.1 Å². The van der Waals surface area contributed by atoms with Crippen molar-refractivity contribution in [2.24, 2.45) is 5.41 Å². The van der Waals surface area contributed by atoms with E-state index in [1.165, 1.54) is 11.3 Å². The third-order valence-electron chi connectivity index (χ3n) is 6.40. The Hall–Kier alpha value is -3.41. The lowest BCUT2D eigenvalue weighted by atomic mass is 9.74. The molecule has 6 heteroatoms. The van der Waals surface area contributed by atoms with Gasteiger partial charge < -0.3 is 9.88 Å². The maximum absolute atomic E-state index is 12.9. The molecule has 164 valence electrons. The van der Waals surface area contributed by atoms with Gasteiger partial charge in [-0.05, 0) is 49.4 Å². The number of hydrogen-bond donors (Lipinski definition) is 1. The zero-order valence-corrected chi connectivity index (χ0v) is 18.9. The number of benzene rings is 2. The summed E-state index contributed by atoms with van der Waals surface area (Å²) in [4.78, 5) is 17.3. The number of fused-ring (bicyclic) bond motifs is 2. The van der Waals surface area contributed by atoms with E-state index in [1.807, 2.05) is 46.0 Å². The summed E-state index contributed by atoms with van der Waals surface area (Å²) < 4.78 is 4.08. The van der Waals surface area contributed by atoms with Crippen LogP contribution >= 0.6 is 0 Å². The fraction of sp³-hybridized carbons (Fsp3) is 0.346. The largest absolute Gasteiger partial charge is 0.349 e. The Bertz CT molecular complexity index is 1270. The molecule has 0 bridgehead atoms. The summed E-state index contributed by atoms with van der Waals surface area (Å²) in [7, 11) is 0. The molecular formula is C26H29N5O. The second-order valence-corrected chi connectivity index (χ2v) is 9.64. The van der Waals surface area contributed by atoms with Gasteiger partial charge in [0, 0.05) is 18.5 Å². The minimum Gasteiger partial charge on any atom is -0.349 e. The quantitative estimate of drug-likeness (QED) is 0.500. The van der Waals surface area contributed by atoms with Gasteiger partial charge >= 0.3 is 0 Å². The van der Waals surface area contributed by atoms with Crippen LogP contribution in [-0.4, -0.2) is 25.2 Å². The first-order valence-electron chi connectivity index (χ1n) is 11.2. The number of aromatic nitrogens is 4. The number of imidazole rings is 1. The number of carbonyl (C=O) groups excluding carboxylic acids is 1. The lowest BCUT2D eigenvalue weighted by Crippen LogP contribution is -2.37. The molecule has 1 atom stereocenters. The lowest BCUT2D eigenvalue weighted by Gasteiger charge is -2.36. The van der Waals surface area contributed by atoms with Crippen LogP contribution in [0.4, 0.5) is 0 Å². The molecule has 32 heavy (non-hydrogen) atoms. The zero-order chi connectivity index (χ0) is 22.3. The molecule has 0 aliphatic heterocycles. The third kappa shape index (κ3) is 3.93. The second kappa shape index (κ2) is 7.93. The molecule has 2 aromatic carbocycles. The number of hydrogen-bond acceptors (Lipinski definition) is 3. The van der Waals surface area contributed by atoms with Crippen molar-refractivity contribution in [3.63, 3.8) is 0 Å². The van der Waals surface area contributed by atoms with E-state index in [4.69, 9.17) is 5.10 Å². The first-order chi connectivity index (χ1) is 15.4. The molecular weight excluding hydrogens is 398 g/mol. The molecule has 0 saturated carbocycles. The number of para-hydroxylation sites is 2. The maximum atomic E-state index is 12.9.